The van der Waals surface area contributed by atoms with Gasteiger partial charge in [0, 0.05) is 25.7 Å². The second kappa shape index (κ2) is 13.3. The Bertz CT molecular complexity index is 1300. The topological polar surface area (TPSA) is 113 Å². The van der Waals surface area contributed by atoms with Crippen molar-refractivity contribution in [3.63, 3.8) is 0 Å². The third-order valence-corrected chi connectivity index (χ3v) is 11.2. The van der Waals surface area contributed by atoms with Crippen LogP contribution in [0.3, 0.4) is 0 Å². The number of sulfonamides is 2. The van der Waals surface area contributed by atoms with E-state index in [2.05, 4.69) is 5.32 Å². The van der Waals surface area contributed by atoms with Gasteiger partial charge in [0.2, 0.25) is 26.0 Å². The molecule has 0 atom stereocenters. The Morgan fingerprint density at radius 3 is 2.13 bits per heavy atom. The molecule has 0 bridgehead atoms. The molecule has 4 rings (SSSR count). The summed E-state index contributed by atoms with van der Waals surface area (Å²) in [5.41, 5.74) is 0.891. The van der Waals surface area contributed by atoms with Crippen LogP contribution in [0.2, 0.25) is 0 Å². The third-order valence-electron chi connectivity index (χ3n) is 7.38. The summed E-state index contributed by atoms with van der Waals surface area (Å²) in [6.07, 6.45) is 6.68. The van der Waals surface area contributed by atoms with E-state index in [4.69, 9.17) is 4.74 Å². The molecule has 11 heteroatoms. The lowest BCUT2D eigenvalue weighted by Crippen LogP contribution is -2.47. The molecule has 0 aromatic heterocycles. The molecular weight excluding hydrogens is 538 g/mol. The van der Waals surface area contributed by atoms with Gasteiger partial charge in [0.1, 0.15) is 5.75 Å². The number of hydrogen-bond acceptors (Lipinski definition) is 6. The average molecular weight is 578 g/mol. The van der Waals surface area contributed by atoms with Crippen molar-refractivity contribution in [2.24, 2.45) is 0 Å². The molecule has 1 saturated heterocycles. The van der Waals surface area contributed by atoms with Crippen molar-refractivity contribution < 1.29 is 26.4 Å². The Balaban J connectivity index is 1.37. The van der Waals surface area contributed by atoms with E-state index in [0.29, 0.717) is 38.4 Å². The van der Waals surface area contributed by atoms with Crippen LogP contribution < -0.4 is 10.1 Å². The number of ether oxygens (including phenoxy) is 1. The molecule has 9 nitrogen and oxygen atoms in total. The minimum Gasteiger partial charge on any atom is -0.494 e. The summed E-state index contributed by atoms with van der Waals surface area (Å²) in [6.45, 7) is 3.54. The highest BCUT2D eigenvalue weighted by atomic mass is 32.2. The number of rotatable bonds is 12. The van der Waals surface area contributed by atoms with Crippen molar-refractivity contribution in [3.8, 4) is 5.75 Å². The lowest BCUT2D eigenvalue weighted by atomic mass is 9.95. The molecule has 2 aliphatic rings. The third kappa shape index (κ3) is 7.39. The molecule has 1 aliphatic carbocycles. The largest absolute Gasteiger partial charge is 0.494 e. The number of carbonyl (C=O) groups is 1. The van der Waals surface area contributed by atoms with Gasteiger partial charge in [-0.3, -0.25) is 4.79 Å². The fourth-order valence-corrected chi connectivity index (χ4v) is 8.40. The van der Waals surface area contributed by atoms with E-state index < -0.39 is 20.0 Å². The Hall–Kier alpha value is -2.47. The minimum absolute atomic E-state index is 0.147. The highest BCUT2D eigenvalue weighted by Crippen LogP contribution is 2.28. The van der Waals surface area contributed by atoms with E-state index in [9.17, 15) is 21.6 Å². The number of nitrogens with zero attached hydrogens (tertiary/aromatic N) is 2. The first-order valence-electron chi connectivity index (χ1n) is 13.8. The Morgan fingerprint density at radius 1 is 0.897 bits per heavy atom. The molecule has 214 valence electrons. The first-order valence-corrected chi connectivity index (χ1v) is 16.7. The average Bonchev–Trinajstić information content (AvgIpc) is 3.49. The fourth-order valence-electron chi connectivity index (χ4n) is 5.24. The number of hydrogen-bond donors (Lipinski definition) is 1. The molecule has 1 aliphatic heterocycles. The smallest absolute Gasteiger partial charge is 0.243 e. The van der Waals surface area contributed by atoms with Crippen molar-refractivity contribution in [2.45, 2.75) is 74.1 Å². The van der Waals surface area contributed by atoms with Gasteiger partial charge in [-0.1, -0.05) is 31.4 Å². The first kappa shape index (κ1) is 29.5. The van der Waals surface area contributed by atoms with Crippen molar-refractivity contribution in [1.82, 2.24) is 13.9 Å². The summed E-state index contributed by atoms with van der Waals surface area (Å²) in [4.78, 5) is 13.3. The molecule has 2 fully saturated rings. The molecule has 1 amide bonds. The predicted molar refractivity (Wildman–Crippen MR) is 150 cm³/mol. The van der Waals surface area contributed by atoms with Gasteiger partial charge in [0.15, 0.2) is 0 Å². The molecule has 0 radical (unpaired) electrons. The van der Waals surface area contributed by atoms with Gasteiger partial charge in [0.05, 0.1) is 22.9 Å². The minimum atomic E-state index is -3.87. The number of amides is 1. The van der Waals surface area contributed by atoms with Gasteiger partial charge < -0.3 is 10.1 Å². The summed E-state index contributed by atoms with van der Waals surface area (Å²) in [5, 5.41) is 2.85. The Labute approximate surface area is 232 Å². The van der Waals surface area contributed by atoms with Crippen LogP contribution in [0.5, 0.6) is 5.75 Å². The van der Waals surface area contributed by atoms with Gasteiger partial charge in [0.25, 0.3) is 0 Å². The van der Waals surface area contributed by atoms with E-state index in [0.717, 1.165) is 50.5 Å². The van der Waals surface area contributed by atoms with Crippen LogP contribution in [0, 0.1) is 0 Å². The second-order valence-electron chi connectivity index (χ2n) is 10.1. The summed E-state index contributed by atoms with van der Waals surface area (Å²) < 4.78 is 60.9. The van der Waals surface area contributed by atoms with Crippen LogP contribution in [0.4, 0.5) is 0 Å². The van der Waals surface area contributed by atoms with E-state index in [-0.39, 0.29) is 28.3 Å². The second-order valence-corrected chi connectivity index (χ2v) is 13.9. The summed E-state index contributed by atoms with van der Waals surface area (Å²) >= 11 is 0. The Kier molecular flexibility index (Phi) is 10.0. The predicted octanol–water partition coefficient (Wildman–Crippen LogP) is 3.55. The quantitative estimate of drug-likeness (QED) is 0.413. The zero-order valence-corrected chi connectivity index (χ0v) is 24.2. The van der Waals surface area contributed by atoms with Gasteiger partial charge in [-0.05, 0) is 81.0 Å². The number of benzene rings is 2. The maximum Gasteiger partial charge on any atom is 0.243 e. The first-order chi connectivity index (χ1) is 18.7. The Morgan fingerprint density at radius 2 is 1.51 bits per heavy atom. The van der Waals surface area contributed by atoms with Crippen molar-refractivity contribution in [2.75, 3.05) is 32.8 Å². The van der Waals surface area contributed by atoms with E-state index in [1.54, 1.807) is 36.4 Å². The van der Waals surface area contributed by atoms with Gasteiger partial charge in [-0.2, -0.15) is 8.61 Å². The zero-order chi connectivity index (χ0) is 27.9. The van der Waals surface area contributed by atoms with Crippen molar-refractivity contribution >= 4 is 26.0 Å². The van der Waals surface area contributed by atoms with Gasteiger partial charge >= 0.3 is 0 Å². The zero-order valence-electron chi connectivity index (χ0n) is 22.5. The molecular formula is C28H39N3O6S2. The van der Waals surface area contributed by atoms with Gasteiger partial charge in [-0.15, -0.1) is 0 Å². The molecule has 1 saturated carbocycles. The van der Waals surface area contributed by atoms with Crippen molar-refractivity contribution in [1.29, 1.82) is 0 Å². The van der Waals surface area contributed by atoms with Crippen LogP contribution >= 0.6 is 0 Å². The van der Waals surface area contributed by atoms with Crippen LogP contribution in [0.15, 0.2) is 58.3 Å². The molecule has 1 heterocycles. The van der Waals surface area contributed by atoms with E-state index >= 15 is 0 Å². The highest BCUT2D eigenvalue weighted by molar-refractivity contribution is 7.89. The SMILES string of the molecule is CCOc1ccc(S(=O)(=O)N(CC(=O)NCCc2ccc(S(=O)(=O)N3CCCC3)cc2)C2CCCCC2)cc1. The lowest BCUT2D eigenvalue weighted by molar-refractivity contribution is -0.121. The highest BCUT2D eigenvalue weighted by Gasteiger charge is 2.34. The number of carbonyl (C=O) groups excluding carboxylic acids is 1. The van der Waals surface area contributed by atoms with Crippen LogP contribution in [0.25, 0.3) is 0 Å². The summed E-state index contributed by atoms with van der Waals surface area (Å²) in [6, 6.07) is 12.9. The fraction of sp³-hybridized carbons (Fsp3) is 0.536. The van der Waals surface area contributed by atoms with Crippen LogP contribution in [0.1, 0.15) is 57.4 Å². The summed E-state index contributed by atoms with van der Waals surface area (Å²) in [7, 11) is -7.34. The van der Waals surface area contributed by atoms with E-state index in [1.165, 1.54) is 20.7 Å². The molecule has 2 aromatic carbocycles. The standard InChI is InChI=1S/C28H39N3O6S2/c1-2-37-25-12-16-27(17-13-25)39(35,36)31(24-8-4-3-5-9-24)22-28(32)29-19-18-23-10-14-26(15-11-23)38(33,34)30-20-6-7-21-30/h10-17,24H,2-9,18-22H2,1H3,(H,29,32). The maximum absolute atomic E-state index is 13.6. The molecule has 2 aromatic rings. The number of nitrogens with one attached hydrogen (secondary N) is 1. The normalized spacial score (nSPS) is 17.4. The van der Waals surface area contributed by atoms with Crippen molar-refractivity contribution in [3.05, 3.63) is 54.1 Å². The molecule has 0 spiro atoms. The van der Waals surface area contributed by atoms with Crippen LogP contribution in [-0.4, -0.2) is 70.2 Å². The molecule has 1 N–H and O–H groups in total. The monoisotopic (exact) mass is 577 g/mol. The maximum atomic E-state index is 13.6. The van der Waals surface area contributed by atoms with Gasteiger partial charge in [-0.25, -0.2) is 16.8 Å². The van der Waals surface area contributed by atoms with Crippen LogP contribution in [-0.2, 0) is 31.3 Å². The summed E-state index contributed by atoms with van der Waals surface area (Å²) in [5.74, 6) is 0.239. The molecule has 0 unspecified atom stereocenters. The van der Waals surface area contributed by atoms with E-state index in [1.807, 2.05) is 6.92 Å². The molecule has 39 heavy (non-hydrogen) atoms. The lowest BCUT2D eigenvalue weighted by Gasteiger charge is -2.33.